The second-order valence-electron chi connectivity index (χ2n) is 6.29. The van der Waals surface area contributed by atoms with Gasteiger partial charge in [0.15, 0.2) is 0 Å². The summed E-state index contributed by atoms with van der Waals surface area (Å²) in [5.41, 5.74) is 1.13. The van der Waals surface area contributed by atoms with Crippen molar-refractivity contribution >= 4 is 19.2 Å². The molecular formula is C18H33INO2S2-. The molecule has 0 saturated carbocycles. The van der Waals surface area contributed by atoms with Crippen LogP contribution in [0, 0.1) is 5.92 Å². The van der Waals surface area contributed by atoms with Crippen LogP contribution in [0.15, 0.2) is 23.1 Å². The molecule has 1 heterocycles. The summed E-state index contributed by atoms with van der Waals surface area (Å²) in [6.45, 7) is 8.15. The molecule has 0 aliphatic carbocycles. The molecule has 1 atom stereocenters. The number of thioether (sulfide) groups is 1. The standard InChI is InChI=1S/C18H33INO2S2/c1-6-22-24(5,19-4)14-8-13-23-15-17-9-7-11-20(18(17)21)12-10-16(2)3/h7,9,11,16H,6,8,10,12-15H2,1-5H3/q-1. The van der Waals surface area contributed by atoms with E-state index in [9.17, 15) is 4.79 Å². The molecule has 0 N–H and O–H groups in total. The number of alkyl halides is 1. The van der Waals surface area contributed by atoms with Crippen LogP contribution in [0.2, 0.25) is 0 Å². The van der Waals surface area contributed by atoms with E-state index in [1.54, 1.807) is 0 Å². The van der Waals surface area contributed by atoms with E-state index in [1.165, 1.54) is 12.2 Å². The molecule has 0 aliphatic rings. The van der Waals surface area contributed by atoms with E-state index in [0.717, 1.165) is 36.6 Å². The number of aryl methyl sites for hydroxylation is 1. The average molecular weight is 487 g/mol. The summed E-state index contributed by atoms with van der Waals surface area (Å²) < 4.78 is 7.86. The summed E-state index contributed by atoms with van der Waals surface area (Å²) in [6.07, 6.45) is 6.49. The Labute approximate surface area is 162 Å². The molecule has 24 heavy (non-hydrogen) atoms. The van der Waals surface area contributed by atoms with Gasteiger partial charge < -0.3 is 0 Å². The van der Waals surface area contributed by atoms with Crippen LogP contribution in [0.1, 0.15) is 39.2 Å². The third-order valence-corrected chi connectivity index (χ3v) is 15.0. The maximum absolute atomic E-state index is 12.5. The first kappa shape index (κ1) is 22.4. The molecule has 1 unspecified atom stereocenters. The molecule has 0 spiro atoms. The zero-order valence-corrected chi connectivity index (χ0v) is 19.5. The predicted molar refractivity (Wildman–Crippen MR) is 107 cm³/mol. The van der Waals surface area contributed by atoms with Crippen molar-refractivity contribution in [1.82, 2.24) is 4.57 Å². The molecular weight excluding hydrogens is 453 g/mol. The van der Waals surface area contributed by atoms with Crippen LogP contribution >= 0.6 is 19.2 Å². The first-order chi connectivity index (χ1) is 11.4. The third kappa shape index (κ3) is 8.15. The van der Waals surface area contributed by atoms with Crippen LogP contribution in [0.3, 0.4) is 0 Å². The Balaban J connectivity index is 2.43. The summed E-state index contributed by atoms with van der Waals surface area (Å²) in [4.78, 5) is 14.8. The van der Waals surface area contributed by atoms with E-state index in [4.69, 9.17) is 4.18 Å². The molecule has 0 saturated heterocycles. The average Bonchev–Trinajstić information content (AvgIpc) is 2.55. The van der Waals surface area contributed by atoms with Crippen molar-refractivity contribution in [1.29, 1.82) is 0 Å². The van der Waals surface area contributed by atoms with Crippen molar-refractivity contribution in [3.05, 3.63) is 34.2 Å². The molecule has 0 amide bonds. The van der Waals surface area contributed by atoms with Gasteiger partial charge in [0.1, 0.15) is 0 Å². The molecule has 6 heteroatoms. The van der Waals surface area contributed by atoms with E-state index >= 15 is 0 Å². The monoisotopic (exact) mass is 486 g/mol. The summed E-state index contributed by atoms with van der Waals surface area (Å²) >= 11 is 2.04. The van der Waals surface area contributed by atoms with E-state index in [-0.39, 0.29) is 25.4 Å². The molecule has 0 bridgehead atoms. The topological polar surface area (TPSA) is 31.2 Å². The minimum atomic E-state index is -0.772. The first-order valence-corrected chi connectivity index (χ1v) is 16.6. The first-order valence-electron chi connectivity index (χ1n) is 8.59. The quantitative estimate of drug-likeness (QED) is 0.255. The van der Waals surface area contributed by atoms with Crippen molar-refractivity contribution in [2.75, 3.05) is 29.3 Å². The van der Waals surface area contributed by atoms with E-state index in [2.05, 4.69) is 32.0 Å². The summed E-state index contributed by atoms with van der Waals surface area (Å²) in [5, 5.41) is 0. The molecule has 0 aromatic carbocycles. The Bertz CT molecular complexity index is 536. The number of aromatic nitrogens is 1. The minimum absolute atomic E-state index is 0.163. The Hall–Kier alpha value is 0.340. The molecule has 0 aliphatic heterocycles. The van der Waals surface area contributed by atoms with Crippen molar-refractivity contribution in [2.45, 2.75) is 45.9 Å². The summed E-state index contributed by atoms with van der Waals surface area (Å²) in [5.74, 6) is 3.77. The molecule has 1 aromatic rings. The van der Waals surface area contributed by atoms with Gasteiger partial charge in [-0.05, 0) is 0 Å². The Kier molecular flexibility index (Phi) is 11.1. The number of pyridine rings is 1. The normalized spacial score (nSPS) is 15.6. The zero-order valence-electron chi connectivity index (χ0n) is 15.7. The van der Waals surface area contributed by atoms with Gasteiger partial charge in [0, 0.05) is 0 Å². The van der Waals surface area contributed by atoms with Crippen molar-refractivity contribution < 1.29 is 24.0 Å². The van der Waals surface area contributed by atoms with Gasteiger partial charge in [0.05, 0.1) is 0 Å². The zero-order chi connectivity index (χ0) is 18.0. The van der Waals surface area contributed by atoms with Crippen LogP contribution in [-0.2, 0) is 16.5 Å². The number of hydrogen-bond acceptors (Lipinski definition) is 3. The van der Waals surface area contributed by atoms with Crippen LogP contribution < -0.4 is 25.4 Å². The Morgan fingerprint density at radius 3 is 2.79 bits per heavy atom. The fraction of sp³-hybridized carbons (Fsp3) is 0.722. The summed E-state index contributed by atoms with van der Waals surface area (Å²) in [6, 6.07) is 3.99. The van der Waals surface area contributed by atoms with Crippen LogP contribution in [0.25, 0.3) is 0 Å². The van der Waals surface area contributed by atoms with E-state index in [0.29, 0.717) is 5.92 Å². The Morgan fingerprint density at radius 2 is 2.17 bits per heavy atom. The van der Waals surface area contributed by atoms with Crippen molar-refractivity contribution in [3.63, 3.8) is 0 Å². The fourth-order valence-corrected chi connectivity index (χ4v) is 8.71. The molecule has 1 aromatic heterocycles. The van der Waals surface area contributed by atoms with Crippen LogP contribution in [0.5, 0.6) is 0 Å². The second kappa shape index (κ2) is 11.9. The SMILES string of the molecule is CCOS(C)(CCCSCc1cccn(CCC(C)C)c1=O)[I-]C. The van der Waals surface area contributed by atoms with Gasteiger partial charge in [-0.1, -0.05) is 13.8 Å². The van der Waals surface area contributed by atoms with Gasteiger partial charge in [-0.25, -0.2) is 0 Å². The molecule has 1 rings (SSSR count). The third-order valence-electron chi connectivity index (χ3n) is 3.79. The van der Waals surface area contributed by atoms with E-state index in [1.807, 2.05) is 34.7 Å². The van der Waals surface area contributed by atoms with Gasteiger partial charge in [0.2, 0.25) is 0 Å². The van der Waals surface area contributed by atoms with Gasteiger partial charge in [0.25, 0.3) is 0 Å². The number of hydrogen-bond donors (Lipinski definition) is 0. The fourth-order valence-electron chi connectivity index (χ4n) is 2.30. The second-order valence-corrected chi connectivity index (χ2v) is 18.4. The molecule has 0 radical (unpaired) electrons. The maximum atomic E-state index is 12.5. The molecule has 0 fully saturated rings. The van der Waals surface area contributed by atoms with E-state index < -0.39 is 7.48 Å². The van der Waals surface area contributed by atoms with Crippen LogP contribution in [-0.4, -0.2) is 33.9 Å². The van der Waals surface area contributed by atoms with Crippen molar-refractivity contribution in [3.8, 4) is 0 Å². The van der Waals surface area contributed by atoms with Gasteiger partial charge in [-0.3, -0.25) is 0 Å². The molecule has 142 valence electrons. The number of halogens is 1. The van der Waals surface area contributed by atoms with Gasteiger partial charge in [-0.15, -0.1) is 0 Å². The van der Waals surface area contributed by atoms with Crippen LogP contribution in [0.4, 0.5) is 0 Å². The number of nitrogens with zero attached hydrogens (tertiary/aromatic N) is 1. The predicted octanol–water partition coefficient (Wildman–Crippen LogP) is 1.54. The summed E-state index contributed by atoms with van der Waals surface area (Å²) in [7, 11) is -0.772. The van der Waals surface area contributed by atoms with Crippen molar-refractivity contribution in [2.24, 2.45) is 5.92 Å². The molecule has 3 nitrogen and oxygen atoms in total. The number of rotatable bonds is 12. The van der Waals surface area contributed by atoms with Gasteiger partial charge in [-0.2, -0.15) is 0 Å². The van der Waals surface area contributed by atoms with Gasteiger partial charge >= 0.3 is 149 Å². The Morgan fingerprint density at radius 1 is 1.42 bits per heavy atom.